The average Bonchev–Trinajstić information content (AvgIpc) is 2.64. The molecule has 0 aliphatic heterocycles. The number of rotatable bonds is 7. The van der Waals surface area contributed by atoms with Crippen LogP contribution in [0, 0.1) is 5.92 Å². The number of halogens is 1. The van der Waals surface area contributed by atoms with Crippen molar-refractivity contribution in [2.45, 2.75) is 32.7 Å². The van der Waals surface area contributed by atoms with E-state index in [0.29, 0.717) is 11.8 Å². The number of aromatic nitrogens is 1. The van der Waals surface area contributed by atoms with Crippen molar-refractivity contribution in [3.8, 4) is 0 Å². The summed E-state index contributed by atoms with van der Waals surface area (Å²) in [5.74, 6) is -2.48. The van der Waals surface area contributed by atoms with E-state index in [2.05, 4.69) is 36.3 Å². The summed E-state index contributed by atoms with van der Waals surface area (Å²) in [5.41, 5.74) is 2.46. The molecule has 1 aromatic carbocycles. The molecule has 1 unspecified atom stereocenters. The molecule has 2 aromatic rings. The molecule has 1 aromatic heterocycles. The summed E-state index contributed by atoms with van der Waals surface area (Å²) in [6.45, 7) is 6.37. The van der Waals surface area contributed by atoms with Crippen LogP contribution in [0.1, 0.15) is 37.4 Å². The first kappa shape index (κ1) is 22.6. The second-order valence-electron chi connectivity index (χ2n) is 6.30. The Balaban J connectivity index is 0.000000527. The minimum Gasteiger partial charge on any atom is -0.473 e. The van der Waals surface area contributed by atoms with E-state index in [1.54, 1.807) is 0 Å². The number of carbonyl (C=O) groups is 2. The van der Waals surface area contributed by atoms with Crippen LogP contribution in [-0.2, 0) is 16.1 Å². The fourth-order valence-corrected chi connectivity index (χ4v) is 2.70. The van der Waals surface area contributed by atoms with Crippen molar-refractivity contribution in [3.63, 3.8) is 0 Å². The molecule has 1 heterocycles. The molecule has 0 aliphatic carbocycles. The highest BCUT2D eigenvalue weighted by Gasteiger charge is 2.15. The van der Waals surface area contributed by atoms with Gasteiger partial charge in [-0.3, -0.25) is 4.98 Å². The molecule has 0 spiro atoms. The Morgan fingerprint density at radius 3 is 2.19 bits per heavy atom. The molecule has 27 heavy (non-hydrogen) atoms. The number of hydrogen-bond donors (Lipinski definition) is 3. The number of pyridine rings is 1. The third-order valence-electron chi connectivity index (χ3n) is 3.95. The van der Waals surface area contributed by atoms with E-state index in [1.165, 1.54) is 5.56 Å². The van der Waals surface area contributed by atoms with Crippen molar-refractivity contribution in [2.75, 3.05) is 6.54 Å². The van der Waals surface area contributed by atoms with Crippen LogP contribution in [0.5, 0.6) is 0 Å². The van der Waals surface area contributed by atoms with Crippen LogP contribution in [-0.4, -0.2) is 33.7 Å². The molecule has 146 valence electrons. The summed E-state index contributed by atoms with van der Waals surface area (Å²) in [6.07, 6.45) is 2.95. The summed E-state index contributed by atoms with van der Waals surface area (Å²) in [5, 5.41) is 19.1. The van der Waals surface area contributed by atoms with E-state index < -0.39 is 11.9 Å². The molecule has 0 aliphatic rings. The zero-order chi connectivity index (χ0) is 20.2. The third kappa shape index (κ3) is 9.17. The van der Waals surface area contributed by atoms with E-state index >= 15 is 0 Å². The number of aliphatic carboxylic acids is 2. The maximum atomic E-state index is 9.10. The number of carboxylic acids is 2. The van der Waals surface area contributed by atoms with Gasteiger partial charge < -0.3 is 15.5 Å². The molecule has 0 bridgehead atoms. The van der Waals surface area contributed by atoms with Gasteiger partial charge in [0.1, 0.15) is 0 Å². The Kier molecular flexibility index (Phi) is 10.1. The average molecular weight is 393 g/mol. The molecule has 0 fully saturated rings. The van der Waals surface area contributed by atoms with Gasteiger partial charge in [0, 0.05) is 17.8 Å². The first-order chi connectivity index (χ1) is 12.8. The predicted molar refractivity (Wildman–Crippen MR) is 105 cm³/mol. The van der Waals surface area contributed by atoms with Crippen LogP contribution in [0.4, 0.5) is 0 Å². The fraction of sp³-hybridized carbons (Fsp3) is 0.350. The van der Waals surface area contributed by atoms with Gasteiger partial charge in [-0.1, -0.05) is 43.6 Å². The molecule has 2 rings (SSSR count). The van der Waals surface area contributed by atoms with E-state index in [9.17, 15) is 0 Å². The van der Waals surface area contributed by atoms with Crippen LogP contribution in [0.15, 0.2) is 48.7 Å². The van der Waals surface area contributed by atoms with Crippen molar-refractivity contribution in [2.24, 2.45) is 5.92 Å². The molecule has 3 N–H and O–H groups in total. The first-order valence-corrected chi connectivity index (χ1v) is 9.01. The Labute approximate surface area is 164 Å². The van der Waals surface area contributed by atoms with Gasteiger partial charge in [0.05, 0.1) is 5.69 Å². The van der Waals surface area contributed by atoms with Gasteiger partial charge in [0.25, 0.3) is 0 Å². The summed E-state index contributed by atoms with van der Waals surface area (Å²) in [6, 6.07) is 14.3. The molecule has 0 saturated carbocycles. The molecule has 0 radical (unpaired) electrons. The molecule has 0 amide bonds. The topological polar surface area (TPSA) is 99.5 Å². The quantitative estimate of drug-likeness (QED) is 0.489. The molecule has 0 saturated heterocycles. The van der Waals surface area contributed by atoms with Crippen molar-refractivity contribution in [3.05, 3.63) is 64.9 Å². The zero-order valence-corrected chi connectivity index (χ0v) is 16.2. The lowest BCUT2D eigenvalue weighted by Gasteiger charge is -2.21. The lowest BCUT2D eigenvalue weighted by Crippen LogP contribution is -2.19. The van der Waals surface area contributed by atoms with Gasteiger partial charge in [-0.15, -0.1) is 0 Å². The van der Waals surface area contributed by atoms with Crippen LogP contribution >= 0.6 is 11.6 Å². The van der Waals surface area contributed by atoms with Crippen LogP contribution in [0.2, 0.25) is 5.02 Å². The number of benzene rings is 1. The second-order valence-corrected chi connectivity index (χ2v) is 6.74. The van der Waals surface area contributed by atoms with E-state index in [4.69, 9.17) is 31.4 Å². The highest BCUT2D eigenvalue weighted by atomic mass is 35.5. The SMILES string of the molecule is CC(C)C(CCNCc1ccccn1)c1ccc(Cl)cc1.O=C(O)C(=O)O. The Bertz CT molecular complexity index is 694. The third-order valence-corrected chi connectivity index (χ3v) is 4.20. The smallest absolute Gasteiger partial charge is 0.414 e. The highest BCUT2D eigenvalue weighted by Crippen LogP contribution is 2.28. The first-order valence-electron chi connectivity index (χ1n) is 8.63. The summed E-state index contributed by atoms with van der Waals surface area (Å²) in [4.78, 5) is 22.5. The number of nitrogens with zero attached hydrogens (tertiary/aromatic N) is 1. The zero-order valence-electron chi connectivity index (χ0n) is 15.4. The molecular formula is C20H25ClN2O4. The standard InChI is InChI=1S/C18H23ClN2.C2H2O4/c1-14(2)18(15-6-8-16(19)9-7-15)10-12-20-13-17-5-3-4-11-21-17;3-1(4)2(5)6/h3-9,11,14,18,20H,10,12-13H2,1-2H3;(H,3,4)(H,5,6). The van der Waals surface area contributed by atoms with E-state index in [1.807, 2.05) is 36.5 Å². The molecule has 6 nitrogen and oxygen atoms in total. The van der Waals surface area contributed by atoms with Crippen molar-refractivity contribution in [1.82, 2.24) is 10.3 Å². The van der Waals surface area contributed by atoms with Gasteiger partial charge in [0.2, 0.25) is 0 Å². The van der Waals surface area contributed by atoms with Crippen molar-refractivity contribution < 1.29 is 19.8 Å². The number of nitrogens with one attached hydrogen (secondary N) is 1. The normalized spacial score (nSPS) is 11.4. The Morgan fingerprint density at radius 2 is 1.70 bits per heavy atom. The molecule has 7 heteroatoms. The van der Waals surface area contributed by atoms with E-state index in [0.717, 1.165) is 30.2 Å². The van der Waals surface area contributed by atoms with E-state index in [-0.39, 0.29) is 0 Å². The Hall–Kier alpha value is -2.44. The predicted octanol–water partition coefficient (Wildman–Crippen LogP) is 3.81. The van der Waals surface area contributed by atoms with Gasteiger partial charge in [-0.2, -0.15) is 0 Å². The molecule has 1 atom stereocenters. The Morgan fingerprint density at radius 1 is 1.07 bits per heavy atom. The largest absolute Gasteiger partial charge is 0.473 e. The maximum absolute atomic E-state index is 9.10. The van der Waals surface area contributed by atoms with Crippen molar-refractivity contribution in [1.29, 1.82) is 0 Å². The van der Waals surface area contributed by atoms with Crippen molar-refractivity contribution >= 4 is 23.5 Å². The van der Waals surface area contributed by atoms with Gasteiger partial charge in [0.15, 0.2) is 0 Å². The van der Waals surface area contributed by atoms with Crippen LogP contribution in [0.3, 0.4) is 0 Å². The number of carboxylic acid groups (broad SMARTS) is 2. The summed E-state index contributed by atoms with van der Waals surface area (Å²) in [7, 11) is 0. The summed E-state index contributed by atoms with van der Waals surface area (Å²) < 4.78 is 0. The van der Waals surface area contributed by atoms with Crippen LogP contribution < -0.4 is 5.32 Å². The van der Waals surface area contributed by atoms with Gasteiger partial charge in [-0.25, -0.2) is 9.59 Å². The fourth-order valence-electron chi connectivity index (χ4n) is 2.57. The lowest BCUT2D eigenvalue weighted by atomic mass is 9.86. The minimum atomic E-state index is -1.82. The minimum absolute atomic E-state index is 0.554. The van der Waals surface area contributed by atoms with Gasteiger partial charge in [-0.05, 0) is 54.6 Å². The summed E-state index contributed by atoms with van der Waals surface area (Å²) >= 11 is 5.97. The highest BCUT2D eigenvalue weighted by molar-refractivity contribution is 6.30. The lowest BCUT2D eigenvalue weighted by molar-refractivity contribution is -0.159. The number of hydrogen-bond acceptors (Lipinski definition) is 4. The second kappa shape index (κ2) is 12.0. The monoisotopic (exact) mass is 392 g/mol. The maximum Gasteiger partial charge on any atom is 0.414 e. The van der Waals surface area contributed by atoms with Gasteiger partial charge >= 0.3 is 11.9 Å². The van der Waals surface area contributed by atoms with Crippen LogP contribution in [0.25, 0.3) is 0 Å². The molecular weight excluding hydrogens is 368 g/mol.